The van der Waals surface area contributed by atoms with Gasteiger partial charge in [0.1, 0.15) is 17.2 Å². The Kier molecular flexibility index (Phi) is 5.84. The number of hydrogen-bond donors (Lipinski definition) is 1. The third kappa shape index (κ3) is 4.23. The SMILES string of the molecule is COc1cc(OC)cc(-c2nc(SCc3nnc(-c4ccccc4OC)o3)n[nH]2)c1. The number of aromatic nitrogens is 5. The zero-order valence-electron chi connectivity index (χ0n) is 16.6. The van der Waals surface area contributed by atoms with E-state index in [4.69, 9.17) is 18.6 Å². The van der Waals surface area contributed by atoms with Crippen molar-refractivity contribution in [1.29, 1.82) is 0 Å². The molecule has 0 saturated carbocycles. The van der Waals surface area contributed by atoms with E-state index in [9.17, 15) is 0 Å². The van der Waals surface area contributed by atoms with E-state index in [2.05, 4.69) is 25.4 Å². The second-order valence-corrected chi connectivity index (χ2v) is 7.00. The molecule has 0 fully saturated rings. The standard InChI is InChI=1S/C20H19N5O4S/c1-26-13-8-12(9-14(10-13)27-2)18-21-20(25-23-18)30-11-17-22-24-19(29-17)15-6-4-5-7-16(15)28-3/h4-10H,11H2,1-3H3,(H,21,23,25). The number of hydrogen-bond acceptors (Lipinski definition) is 9. The van der Waals surface area contributed by atoms with Crippen LogP contribution in [-0.4, -0.2) is 46.7 Å². The van der Waals surface area contributed by atoms with Gasteiger partial charge in [0.25, 0.3) is 5.89 Å². The predicted octanol–water partition coefficient (Wildman–Crippen LogP) is 3.84. The first-order valence-electron chi connectivity index (χ1n) is 8.94. The Morgan fingerprint density at radius 2 is 1.73 bits per heavy atom. The predicted molar refractivity (Wildman–Crippen MR) is 111 cm³/mol. The first-order valence-corrected chi connectivity index (χ1v) is 9.93. The number of nitrogens with zero attached hydrogens (tertiary/aromatic N) is 4. The Morgan fingerprint density at radius 3 is 2.47 bits per heavy atom. The van der Waals surface area contributed by atoms with Crippen LogP contribution >= 0.6 is 11.8 Å². The molecular weight excluding hydrogens is 406 g/mol. The average molecular weight is 425 g/mol. The van der Waals surface area contributed by atoms with Crippen molar-refractivity contribution in [3.63, 3.8) is 0 Å². The van der Waals surface area contributed by atoms with Crippen LogP contribution in [0.2, 0.25) is 0 Å². The van der Waals surface area contributed by atoms with Crippen LogP contribution in [0.15, 0.2) is 52.0 Å². The van der Waals surface area contributed by atoms with Crippen molar-refractivity contribution in [3.8, 4) is 40.1 Å². The van der Waals surface area contributed by atoms with Crippen molar-refractivity contribution in [2.45, 2.75) is 10.9 Å². The lowest BCUT2D eigenvalue weighted by atomic mass is 10.2. The molecule has 0 aliphatic carbocycles. The van der Waals surface area contributed by atoms with E-state index in [0.717, 1.165) is 11.1 Å². The Morgan fingerprint density at radius 1 is 0.967 bits per heavy atom. The number of rotatable bonds is 8. The molecule has 4 aromatic rings. The molecular formula is C20H19N5O4S. The van der Waals surface area contributed by atoms with Crippen LogP contribution in [0.5, 0.6) is 17.2 Å². The average Bonchev–Trinajstić information content (AvgIpc) is 3.47. The number of nitrogens with one attached hydrogen (secondary N) is 1. The van der Waals surface area contributed by atoms with Gasteiger partial charge in [0.2, 0.25) is 11.0 Å². The topological polar surface area (TPSA) is 108 Å². The highest BCUT2D eigenvalue weighted by molar-refractivity contribution is 7.98. The van der Waals surface area contributed by atoms with Crippen molar-refractivity contribution in [2.75, 3.05) is 21.3 Å². The fourth-order valence-electron chi connectivity index (χ4n) is 2.75. The van der Waals surface area contributed by atoms with E-state index >= 15 is 0 Å². The van der Waals surface area contributed by atoms with Gasteiger partial charge >= 0.3 is 0 Å². The summed E-state index contributed by atoms with van der Waals surface area (Å²) < 4.78 is 21.7. The molecule has 2 aromatic heterocycles. The fraction of sp³-hybridized carbons (Fsp3) is 0.200. The third-order valence-electron chi connectivity index (χ3n) is 4.22. The second kappa shape index (κ2) is 8.87. The molecule has 10 heteroatoms. The van der Waals surface area contributed by atoms with Crippen LogP contribution in [0.3, 0.4) is 0 Å². The molecule has 0 amide bonds. The Hall–Kier alpha value is -3.53. The van der Waals surface area contributed by atoms with Gasteiger partial charge in [-0.3, -0.25) is 5.10 Å². The molecule has 9 nitrogen and oxygen atoms in total. The summed E-state index contributed by atoms with van der Waals surface area (Å²) in [6, 6.07) is 13.0. The van der Waals surface area contributed by atoms with Crippen LogP contribution in [-0.2, 0) is 5.75 Å². The van der Waals surface area contributed by atoms with Gasteiger partial charge in [-0.05, 0) is 24.3 Å². The van der Waals surface area contributed by atoms with E-state index in [1.54, 1.807) is 27.4 Å². The maximum absolute atomic E-state index is 5.76. The summed E-state index contributed by atoms with van der Waals surface area (Å²) in [6.45, 7) is 0. The second-order valence-electron chi connectivity index (χ2n) is 6.06. The minimum absolute atomic E-state index is 0.405. The van der Waals surface area contributed by atoms with Gasteiger partial charge in [-0.1, -0.05) is 23.9 Å². The third-order valence-corrected chi connectivity index (χ3v) is 5.05. The van der Waals surface area contributed by atoms with Crippen molar-refractivity contribution in [3.05, 3.63) is 48.4 Å². The largest absolute Gasteiger partial charge is 0.497 e. The van der Waals surface area contributed by atoms with Crippen LogP contribution < -0.4 is 14.2 Å². The van der Waals surface area contributed by atoms with E-state index in [1.165, 1.54) is 11.8 Å². The quantitative estimate of drug-likeness (QED) is 0.421. The summed E-state index contributed by atoms with van der Waals surface area (Å²) in [7, 11) is 4.80. The number of methoxy groups -OCH3 is 3. The first-order chi connectivity index (χ1) is 14.7. The van der Waals surface area contributed by atoms with Gasteiger partial charge in [-0.15, -0.1) is 15.3 Å². The zero-order valence-corrected chi connectivity index (χ0v) is 17.4. The maximum atomic E-state index is 5.76. The van der Waals surface area contributed by atoms with Gasteiger partial charge in [0.15, 0.2) is 5.82 Å². The van der Waals surface area contributed by atoms with Crippen molar-refractivity contribution >= 4 is 11.8 Å². The maximum Gasteiger partial charge on any atom is 0.251 e. The summed E-state index contributed by atoms with van der Waals surface area (Å²) in [5.74, 6) is 3.93. The van der Waals surface area contributed by atoms with Crippen molar-refractivity contribution in [1.82, 2.24) is 25.4 Å². The van der Waals surface area contributed by atoms with Gasteiger partial charge < -0.3 is 18.6 Å². The molecule has 0 saturated heterocycles. The highest BCUT2D eigenvalue weighted by Gasteiger charge is 2.15. The van der Waals surface area contributed by atoms with E-state index in [-0.39, 0.29) is 0 Å². The van der Waals surface area contributed by atoms with Gasteiger partial charge in [0.05, 0.1) is 32.6 Å². The number of H-pyrrole nitrogens is 1. The summed E-state index contributed by atoms with van der Waals surface area (Å²) in [6.07, 6.45) is 0. The highest BCUT2D eigenvalue weighted by atomic mass is 32.2. The summed E-state index contributed by atoms with van der Waals surface area (Å²) >= 11 is 1.38. The minimum Gasteiger partial charge on any atom is -0.497 e. The first kappa shape index (κ1) is 19.8. The van der Waals surface area contributed by atoms with E-state index in [1.807, 2.05) is 36.4 Å². The molecule has 2 heterocycles. The lowest BCUT2D eigenvalue weighted by Gasteiger charge is -2.06. The molecule has 0 unspecified atom stereocenters. The van der Waals surface area contributed by atoms with Crippen molar-refractivity contribution in [2.24, 2.45) is 0 Å². The Balaban J connectivity index is 1.46. The molecule has 154 valence electrons. The van der Waals surface area contributed by atoms with Crippen molar-refractivity contribution < 1.29 is 18.6 Å². The molecule has 0 aliphatic heterocycles. The molecule has 2 aromatic carbocycles. The normalized spacial score (nSPS) is 10.8. The Bertz CT molecular complexity index is 1120. The summed E-state index contributed by atoms with van der Waals surface area (Å²) in [5, 5.41) is 15.9. The summed E-state index contributed by atoms with van der Waals surface area (Å²) in [5.41, 5.74) is 1.55. The van der Waals surface area contributed by atoms with Gasteiger partial charge in [-0.25, -0.2) is 4.98 Å². The molecule has 4 rings (SSSR count). The van der Waals surface area contributed by atoms with Gasteiger partial charge in [-0.2, -0.15) is 0 Å². The van der Waals surface area contributed by atoms with E-state index in [0.29, 0.717) is 45.8 Å². The highest BCUT2D eigenvalue weighted by Crippen LogP contribution is 2.31. The lowest BCUT2D eigenvalue weighted by Crippen LogP contribution is -1.89. The minimum atomic E-state index is 0.405. The van der Waals surface area contributed by atoms with Crippen LogP contribution in [0.1, 0.15) is 5.89 Å². The number of benzene rings is 2. The Labute approximate surface area is 176 Å². The summed E-state index contributed by atoms with van der Waals surface area (Å²) in [4.78, 5) is 4.51. The van der Waals surface area contributed by atoms with Gasteiger partial charge in [0, 0.05) is 11.6 Å². The molecule has 0 radical (unpaired) electrons. The van der Waals surface area contributed by atoms with E-state index < -0.39 is 0 Å². The fourth-order valence-corrected chi connectivity index (χ4v) is 3.39. The molecule has 0 atom stereocenters. The molecule has 0 spiro atoms. The van der Waals surface area contributed by atoms with Crippen LogP contribution in [0.4, 0.5) is 0 Å². The van der Waals surface area contributed by atoms with Crippen LogP contribution in [0, 0.1) is 0 Å². The number of ether oxygens (including phenoxy) is 3. The zero-order chi connectivity index (χ0) is 20.9. The molecule has 0 bridgehead atoms. The monoisotopic (exact) mass is 425 g/mol. The molecule has 1 N–H and O–H groups in total. The number of thioether (sulfide) groups is 1. The smallest absolute Gasteiger partial charge is 0.251 e. The number of para-hydroxylation sites is 1. The number of aromatic amines is 1. The molecule has 0 aliphatic rings. The van der Waals surface area contributed by atoms with Crippen LogP contribution in [0.25, 0.3) is 22.8 Å². The lowest BCUT2D eigenvalue weighted by molar-refractivity contribution is 0.394. The molecule has 30 heavy (non-hydrogen) atoms.